The van der Waals surface area contributed by atoms with E-state index in [-0.39, 0.29) is 11.9 Å². The van der Waals surface area contributed by atoms with Gasteiger partial charge in [0.25, 0.3) is 5.91 Å². The third-order valence-corrected chi connectivity index (χ3v) is 6.03. The molecule has 0 spiro atoms. The zero-order chi connectivity index (χ0) is 16.3. The summed E-state index contributed by atoms with van der Waals surface area (Å²) >= 11 is 1.89. The SMILES string of the molecule is C[C@]1(c2ccccn2)NC(=O)N(CCSC2CCCCC2)C1=O. The third-order valence-electron chi connectivity index (χ3n) is 4.67. The van der Waals surface area contributed by atoms with Crippen LogP contribution in [0.5, 0.6) is 0 Å². The number of hydrogen-bond donors (Lipinski definition) is 1. The Hall–Kier alpha value is -1.56. The standard InChI is InChI=1S/C17H23N3O2S/c1-17(14-9-5-6-10-18-14)15(21)20(16(22)19-17)11-12-23-13-7-3-2-4-8-13/h5-6,9-10,13H,2-4,7-8,11-12H2,1H3,(H,19,22)/t17-/m1/s1. The molecular weight excluding hydrogens is 310 g/mol. The second-order valence-electron chi connectivity index (χ2n) is 6.36. The summed E-state index contributed by atoms with van der Waals surface area (Å²) in [6.07, 6.45) is 8.11. The van der Waals surface area contributed by atoms with Crippen LogP contribution in [0.25, 0.3) is 0 Å². The van der Waals surface area contributed by atoms with Crippen LogP contribution < -0.4 is 5.32 Å². The van der Waals surface area contributed by atoms with E-state index >= 15 is 0 Å². The number of aromatic nitrogens is 1. The third kappa shape index (κ3) is 3.37. The Bertz CT molecular complexity index is 574. The van der Waals surface area contributed by atoms with Gasteiger partial charge in [0.2, 0.25) is 0 Å². The van der Waals surface area contributed by atoms with E-state index in [1.165, 1.54) is 37.0 Å². The van der Waals surface area contributed by atoms with Crippen molar-refractivity contribution in [2.45, 2.75) is 49.8 Å². The number of pyridine rings is 1. The summed E-state index contributed by atoms with van der Waals surface area (Å²) in [6, 6.07) is 5.09. The molecule has 0 aromatic carbocycles. The average molecular weight is 333 g/mol. The Morgan fingerprint density at radius 2 is 2.09 bits per heavy atom. The number of urea groups is 1. The van der Waals surface area contributed by atoms with Crippen molar-refractivity contribution in [3.8, 4) is 0 Å². The first-order valence-electron chi connectivity index (χ1n) is 8.28. The summed E-state index contributed by atoms with van der Waals surface area (Å²) < 4.78 is 0. The molecule has 1 aromatic rings. The molecule has 0 bridgehead atoms. The molecule has 1 saturated heterocycles. The van der Waals surface area contributed by atoms with Crippen LogP contribution in [0.15, 0.2) is 24.4 Å². The highest BCUT2D eigenvalue weighted by Gasteiger charge is 2.49. The molecule has 2 heterocycles. The molecule has 6 heteroatoms. The summed E-state index contributed by atoms with van der Waals surface area (Å²) in [5.74, 6) is 0.604. The molecular formula is C17H23N3O2S. The van der Waals surface area contributed by atoms with Gasteiger partial charge in [-0.15, -0.1) is 0 Å². The summed E-state index contributed by atoms with van der Waals surface area (Å²) in [5.41, 5.74) is -0.464. The molecule has 3 amide bonds. The highest BCUT2D eigenvalue weighted by atomic mass is 32.2. The van der Waals surface area contributed by atoms with Gasteiger partial charge in [-0.25, -0.2) is 4.79 Å². The molecule has 1 N–H and O–H groups in total. The van der Waals surface area contributed by atoms with Gasteiger partial charge in [-0.1, -0.05) is 25.3 Å². The number of nitrogens with zero attached hydrogens (tertiary/aromatic N) is 2. The van der Waals surface area contributed by atoms with E-state index in [0.717, 1.165) is 5.75 Å². The molecule has 3 rings (SSSR count). The topological polar surface area (TPSA) is 62.3 Å². The minimum Gasteiger partial charge on any atom is -0.318 e. The minimum atomic E-state index is -1.05. The van der Waals surface area contributed by atoms with Crippen LogP contribution in [0.2, 0.25) is 0 Å². The number of carbonyl (C=O) groups excluding carboxylic acids is 2. The largest absolute Gasteiger partial charge is 0.325 e. The predicted octanol–water partition coefficient (Wildman–Crippen LogP) is 2.91. The first-order valence-corrected chi connectivity index (χ1v) is 9.33. The fourth-order valence-corrected chi connectivity index (χ4v) is 4.56. The van der Waals surface area contributed by atoms with Crippen molar-refractivity contribution in [2.24, 2.45) is 0 Å². The lowest BCUT2D eigenvalue weighted by Crippen LogP contribution is -2.41. The highest BCUT2D eigenvalue weighted by molar-refractivity contribution is 7.99. The number of rotatable bonds is 5. The van der Waals surface area contributed by atoms with Crippen LogP contribution in [0, 0.1) is 0 Å². The Kier molecular flexibility index (Phi) is 4.90. The van der Waals surface area contributed by atoms with Crippen molar-refractivity contribution in [3.63, 3.8) is 0 Å². The second-order valence-corrected chi connectivity index (χ2v) is 7.77. The zero-order valence-electron chi connectivity index (χ0n) is 13.5. The molecule has 2 fully saturated rings. The molecule has 1 aliphatic heterocycles. The Morgan fingerprint density at radius 3 is 2.78 bits per heavy atom. The van der Waals surface area contributed by atoms with E-state index in [2.05, 4.69) is 10.3 Å². The molecule has 1 aromatic heterocycles. The fourth-order valence-electron chi connectivity index (χ4n) is 3.27. The summed E-state index contributed by atoms with van der Waals surface area (Å²) in [4.78, 5) is 30.5. The molecule has 0 radical (unpaired) electrons. The molecule has 0 unspecified atom stereocenters. The maximum Gasteiger partial charge on any atom is 0.325 e. The predicted molar refractivity (Wildman–Crippen MR) is 91.2 cm³/mol. The van der Waals surface area contributed by atoms with Crippen LogP contribution in [-0.4, -0.2) is 39.4 Å². The highest BCUT2D eigenvalue weighted by Crippen LogP contribution is 2.30. The summed E-state index contributed by atoms with van der Waals surface area (Å²) in [6.45, 7) is 2.19. The van der Waals surface area contributed by atoms with Gasteiger partial charge in [0, 0.05) is 23.7 Å². The number of hydrogen-bond acceptors (Lipinski definition) is 4. The quantitative estimate of drug-likeness (QED) is 0.842. The van der Waals surface area contributed by atoms with E-state index < -0.39 is 5.54 Å². The first-order chi connectivity index (χ1) is 11.1. The van der Waals surface area contributed by atoms with Gasteiger partial charge in [-0.2, -0.15) is 11.8 Å². The lowest BCUT2D eigenvalue weighted by Gasteiger charge is -2.23. The fraction of sp³-hybridized carbons (Fsp3) is 0.588. The molecule has 124 valence electrons. The van der Waals surface area contributed by atoms with E-state index in [4.69, 9.17) is 0 Å². The monoisotopic (exact) mass is 333 g/mol. The van der Waals surface area contributed by atoms with Crippen molar-refractivity contribution < 1.29 is 9.59 Å². The normalized spacial score (nSPS) is 25.7. The van der Waals surface area contributed by atoms with Gasteiger partial charge < -0.3 is 5.32 Å². The van der Waals surface area contributed by atoms with Gasteiger partial charge in [0.1, 0.15) is 0 Å². The van der Waals surface area contributed by atoms with Gasteiger partial charge >= 0.3 is 6.03 Å². The first kappa shape index (κ1) is 16.3. The number of imide groups is 1. The van der Waals surface area contributed by atoms with E-state index in [1.807, 2.05) is 17.8 Å². The lowest BCUT2D eigenvalue weighted by atomic mass is 9.97. The maximum absolute atomic E-state index is 12.7. The van der Waals surface area contributed by atoms with Crippen LogP contribution in [0.1, 0.15) is 44.7 Å². The molecule has 2 aliphatic rings. The van der Waals surface area contributed by atoms with E-state index in [9.17, 15) is 9.59 Å². The van der Waals surface area contributed by atoms with Gasteiger partial charge in [0.05, 0.1) is 5.69 Å². The molecule has 5 nitrogen and oxygen atoms in total. The van der Waals surface area contributed by atoms with E-state index in [1.54, 1.807) is 25.3 Å². The molecule has 1 aliphatic carbocycles. The molecule has 1 atom stereocenters. The number of carbonyl (C=O) groups is 2. The van der Waals surface area contributed by atoms with Crippen molar-refractivity contribution in [3.05, 3.63) is 30.1 Å². The summed E-state index contributed by atoms with van der Waals surface area (Å²) in [7, 11) is 0. The van der Waals surface area contributed by atoms with Crippen LogP contribution in [0.4, 0.5) is 4.79 Å². The van der Waals surface area contributed by atoms with Gasteiger partial charge in [-0.05, 0) is 31.9 Å². The summed E-state index contributed by atoms with van der Waals surface area (Å²) in [5, 5.41) is 3.49. The Labute approximate surface area is 141 Å². The molecule has 1 saturated carbocycles. The number of nitrogens with one attached hydrogen (secondary N) is 1. The second kappa shape index (κ2) is 6.91. The van der Waals surface area contributed by atoms with E-state index in [0.29, 0.717) is 17.5 Å². The zero-order valence-corrected chi connectivity index (χ0v) is 14.3. The van der Waals surface area contributed by atoms with Crippen molar-refractivity contribution in [2.75, 3.05) is 12.3 Å². The lowest BCUT2D eigenvalue weighted by molar-refractivity contribution is -0.131. The van der Waals surface area contributed by atoms with Crippen LogP contribution in [-0.2, 0) is 10.3 Å². The van der Waals surface area contributed by atoms with Gasteiger partial charge in [0.15, 0.2) is 5.54 Å². The molecule has 23 heavy (non-hydrogen) atoms. The number of thioether (sulfide) groups is 1. The van der Waals surface area contributed by atoms with Crippen molar-refractivity contribution >= 4 is 23.7 Å². The van der Waals surface area contributed by atoms with Crippen molar-refractivity contribution in [1.82, 2.24) is 15.2 Å². The van der Waals surface area contributed by atoms with Crippen LogP contribution >= 0.6 is 11.8 Å². The Morgan fingerprint density at radius 1 is 1.30 bits per heavy atom. The van der Waals surface area contributed by atoms with Crippen LogP contribution in [0.3, 0.4) is 0 Å². The van der Waals surface area contributed by atoms with Crippen molar-refractivity contribution in [1.29, 1.82) is 0 Å². The van der Waals surface area contributed by atoms with Gasteiger partial charge in [-0.3, -0.25) is 14.7 Å². The Balaban J connectivity index is 1.60. The smallest absolute Gasteiger partial charge is 0.318 e. The average Bonchev–Trinajstić information content (AvgIpc) is 2.81. The number of amides is 3. The maximum atomic E-state index is 12.7. The minimum absolute atomic E-state index is 0.203.